The molecule has 2 aromatic heterocycles. The number of amidine groups is 1. The fourth-order valence-electron chi connectivity index (χ4n) is 2.16. The number of hydrogen-bond acceptors (Lipinski definition) is 3. The maximum Gasteiger partial charge on any atom is 0.153 e. The van der Waals surface area contributed by atoms with E-state index >= 15 is 0 Å². The van der Waals surface area contributed by atoms with Gasteiger partial charge in [-0.15, -0.1) is 0 Å². The zero-order chi connectivity index (χ0) is 15.7. The summed E-state index contributed by atoms with van der Waals surface area (Å²) in [5, 5.41) is 8.19. The van der Waals surface area contributed by atoms with E-state index in [-0.39, 0.29) is 21.4 Å². The summed E-state index contributed by atoms with van der Waals surface area (Å²) in [6.07, 6.45) is 1.52. The van der Waals surface area contributed by atoms with Crippen LogP contribution < -0.4 is 5.73 Å². The van der Waals surface area contributed by atoms with Crippen LogP contribution in [0, 0.1) is 5.41 Å². The third-order valence-electron chi connectivity index (χ3n) is 3.15. The van der Waals surface area contributed by atoms with Crippen molar-refractivity contribution < 1.29 is 4.42 Å². The topological polar surface area (TPSA) is 75.9 Å². The molecule has 0 saturated heterocycles. The third-order valence-corrected chi connectivity index (χ3v) is 3.99. The molecule has 0 amide bonds. The number of aromatic nitrogens is 1. The number of benzene rings is 1. The average molecular weight is 332 g/mol. The van der Waals surface area contributed by atoms with Crippen molar-refractivity contribution in [1.29, 1.82) is 5.41 Å². The van der Waals surface area contributed by atoms with Crippen molar-refractivity contribution in [2.24, 2.45) is 5.73 Å². The van der Waals surface area contributed by atoms with Crippen molar-refractivity contribution in [3.63, 3.8) is 0 Å². The van der Waals surface area contributed by atoms with Crippen molar-refractivity contribution in [3.8, 4) is 22.7 Å². The second-order valence-electron chi connectivity index (χ2n) is 4.57. The van der Waals surface area contributed by atoms with Gasteiger partial charge in [0.25, 0.3) is 0 Å². The van der Waals surface area contributed by atoms with Gasteiger partial charge in [-0.3, -0.25) is 5.41 Å². The summed E-state index contributed by atoms with van der Waals surface area (Å²) in [4.78, 5) is 4.54. The fraction of sp³-hybridized carbons (Fsp3) is 0. The van der Waals surface area contributed by atoms with Gasteiger partial charge in [0.1, 0.15) is 11.5 Å². The quantitative estimate of drug-likeness (QED) is 0.544. The van der Waals surface area contributed by atoms with Gasteiger partial charge in [-0.05, 0) is 12.1 Å². The van der Waals surface area contributed by atoms with Gasteiger partial charge in [0.15, 0.2) is 5.76 Å². The number of nitrogens with one attached hydrogen (secondary N) is 1. The van der Waals surface area contributed by atoms with Gasteiger partial charge in [0.2, 0.25) is 0 Å². The first-order valence-electron chi connectivity index (χ1n) is 6.42. The van der Waals surface area contributed by atoms with Crippen LogP contribution in [-0.4, -0.2) is 10.8 Å². The first kappa shape index (κ1) is 14.6. The van der Waals surface area contributed by atoms with E-state index in [2.05, 4.69) is 4.98 Å². The maximum atomic E-state index is 7.74. The van der Waals surface area contributed by atoms with E-state index in [4.69, 9.17) is 38.8 Å². The SMILES string of the molecule is N=C(N)c1c(-c2ccco2)nc(-c2ccccc2)c(Cl)c1Cl. The molecule has 0 unspecified atom stereocenters. The number of halogens is 2. The lowest BCUT2D eigenvalue weighted by atomic mass is 10.1. The average Bonchev–Trinajstić information content (AvgIpc) is 3.04. The van der Waals surface area contributed by atoms with Gasteiger partial charge < -0.3 is 10.2 Å². The molecule has 0 aliphatic carbocycles. The van der Waals surface area contributed by atoms with Crippen LogP contribution in [0.3, 0.4) is 0 Å². The Hall–Kier alpha value is -2.30. The Labute approximate surface area is 137 Å². The van der Waals surface area contributed by atoms with Crippen LogP contribution in [0.25, 0.3) is 22.7 Å². The summed E-state index contributed by atoms with van der Waals surface area (Å²) < 4.78 is 5.38. The van der Waals surface area contributed by atoms with Crippen molar-refractivity contribution in [2.75, 3.05) is 0 Å². The van der Waals surface area contributed by atoms with Crippen molar-refractivity contribution in [1.82, 2.24) is 4.98 Å². The van der Waals surface area contributed by atoms with E-state index in [1.54, 1.807) is 12.1 Å². The molecule has 0 aliphatic rings. The highest BCUT2D eigenvalue weighted by Gasteiger charge is 2.22. The molecule has 0 bridgehead atoms. The number of nitrogen functional groups attached to an aromatic ring is 1. The second-order valence-corrected chi connectivity index (χ2v) is 5.32. The number of furan rings is 1. The van der Waals surface area contributed by atoms with Crippen molar-refractivity contribution >= 4 is 29.0 Å². The largest absolute Gasteiger partial charge is 0.463 e. The standard InChI is InChI=1S/C16H11Cl2N3O/c17-12-11(16(19)20)15(10-7-4-8-22-10)21-14(13(12)18)9-5-2-1-3-6-9/h1-8H,(H3,19,20). The molecule has 22 heavy (non-hydrogen) atoms. The highest BCUT2D eigenvalue weighted by molar-refractivity contribution is 6.45. The smallest absolute Gasteiger partial charge is 0.153 e. The fourth-order valence-corrected chi connectivity index (χ4v) is 2.69. The molecular formula is C16H11Cl2N3O. The zero-order valence-corrected chi connectivity index (χ0v) is 12.8. The van der Waals surface area contributed by atoms with E-state index in [0.717, 1.165) is 5.56 Å². The van der Waals surface area contributed by atoms with Gasteiger partial charge in [0.05, 0.1) is 27.6 Å². The first-order valence-corrected chi connectivity index (χ1v) is 7.18. The molecule has 110 valence electrons. The predicted octanol–water partition coefficient (Wildman–Crippen LogP) is 4.60. The summed E-state index contributed by atoms with van der Waals surface area (Å²) in [5.74, 6) is 0.256. The summed E-state index contributed by atoms with van der Waals surface area (Å²) in [5.41, 5.74) is 7.63. The minimum atomic E-state index is -0.217. The van der Waals surface area contributed by atoms with Crippen LogP contribution in [0.4, 0.5) is 0 Å². The van der Waals surface area contributed by atoms with Gasteiger partial charge in [-0.1, -0.05) is 53.5 Å². The molecule has 2 heterocycles. The molecule has 0 saturated carbocycles. The molecule has 6 heteroatoms. The molecule has 0 atom stereocenters. The van der Waals surface area contributed by atoms with Crippen LogP contribution >= 0.6 is 23.2 Å². The van der Waals surface area contributed by atoms with E-state index in [1.165, 1.54) is 6.26 Å². The molecule has 0 aliphatic heterocycles. The zero-order valence-electron chi connectivity index (χ0n) is 11.3. The van der Waals surface area contributed by atoms with Crippen LogP contribution in [0.2, 0.25) is 10.0 Å². The number of pyridine rings is 1. The molecule has 3 rings (SSSR count). The summed E-state index contributed by atoms with van der Waals surface area (Å²) in [6, 6.07) is 12.9. The Morgan fingerprint density at radius 3 is 2.32 bits per heavy atom. The van der Waals surface area contributed by atoms with Crippen LogP contribution in [0.1, 0.15) is 5.56 Å². The highest BCUT2D eigenvalue weighted by atomic mass is 35.5. The summed E-state index contributed by atoms with van der Waals surface area (Å²) >= 11 is 12.7. The lowest BCUT2D eigenvalue weighted by Crippen LogP contribution is -2.15. The minimum Gasteiger partial charge on any atom is -0.463 e. The second kappa shape index (κ2) is 5.83. The molecule has 0 spiro atoms. The highest BCUT2D eigenvalue weighted by Crippen LogP contribution is 2.38. The maximum absolute atomic E-state index is 7.74. The molecule has 1 aromatic carbocycles. The lowest BCUT2D eigenvalue weighted by molar-refractivity contribution is 0.580. The Bertz CT molecular complexity index is 830. The van der Waals surface area contributed by atoms with E-state index < -0.39 is 0 Å². The Morgan fingerprint density at radius 2 is 1.73 bits per heavy atom. The Kier molecular flexibility index (Phi) is 3.88. The van der Waals surface area contributed by atoms with Gasteiger partial charge in [-0.25, -0.2) is 4.98 Å². The number of nitrogens with two attached hydrogens (primary N) is 1. The summed E-state index contributed by atoms with van der Waals surface area (Å²) in [6.45, 7) is 0. The van der Waals surface area contributed by atoms with Crippen LogP contribution in [0.5, 0.6) is 0 Å². The molecular weight excluding hydrogens is 321 g/mol. The van der Waals surface area contributed by atoms with Crippen LogP contribution in [-0.2, 0) is 0 Å². The Morgan fingerprint density at radius 1 is 1.00 bits per heavy atom. The molecule has 3 aromatic rings. The number of hydrogen-bond donors (Lipinski definition) is 2. The van der Waals surface area contributed by atoms with Gasteiger partial charge in [-0.2, -0.15) is 0 Å². The molecule has 4 nitrogen and oxygen atoms in total. The number of rotatable bonds is 3. The number of nitrogens with zero attached hydrogens (tertiary/aromatic N) is 1. The van der Waals surface area contributed by atoms with Gasteiger partial charge >= 0.3 is 0 Å². The van der Waals surface area contributed by atoms with Crippen LogP contribution in [0.15, 0.2) is 53.1 Å². The minimum absolute atomic E-state index is 0.189. The van der Waals surface area contributed by atoms with E-state index in [9.17, 15) is 0 Å². The predicted molar refractivity (Wildman–Crippen MR) is 88.4 cm³/mol. The third kappa shape index (κ3) is 2.47. The summed E-state index contributed by atoms with van der Waals surface area (Å²) in [7, 11) is 0. The Balaban J connectivity index is 2.33. The monoisotopic (exact) mass is 331 g/mol. The van der Waals surface area contributed by atoms with E-state index in [0.29, 0.717) is 17.1 Å². The van der Waals surface area contributed by atoms with Crippen molar-refractivity contribution in [2.45, 2.75) is 0 Å². The van der Waals surface area contributed by atoms with Crippen molar-refractivity contribution in [3.05, 3.63) is 64.3 Å². The molecule has 0 radical (unpaired) electrons. The first-order chi connectivity index (χ1) is 10.6. The van der Waals surface area contributed by atoms with Gasteiger partial charge in [0, 0.05) is 5.56 Å². The molecule has 0 fully saturated rings. The normalized spacial score (nSPS) is 10.6. The molecule has 3 N–H and O–H groups in total. The van der Waals surface area contributed by atoms with E-state index in [1.807, 2.05) is 30.3 Å². The lowest BCUT2D eigenvalue weighted by Gasteiger charge is -2.13.